The molecule has 108 valence electrons. The summed E-state index contributed by atoms with van der Waals surface area (Å²) in [5.41, 5.74) is 1.47. The Bertz CT molecular complexity index is 746. The molecule has 3 rings (SSSR count). The van der Waals surface area contributed by atoms with E-state index in [0.717, 1.165) is 15.6 Å². The number of hydrogen-bond acceptors (Lipinski definition) is 6. The van der Waals surface area contributed by atoms with Gasteiger partial charge in [0, 0.05) is 12.4 Å². The van der Waals surface area contributed by atoms with Gasteiger partial charge in [0.15, 0.2) is 6.39 Å². The van der Waals surface area contributed by atoms with E-state index >= 15 is 0 Å². The fourth-order valence-electron chi connectivity index (χ4n) is 1.89. The highest BCUT2D eigenvalue weighted by Gasteiger charge is 2.19. The SMILES string of the molecule is Cc1ncoc1C(=O)N(C)Cc1csc(-c2cccs2)n1. The number of aromatic nitrogens is 2. The minimum Gasteiger partial charge on any atom is -0.438 e. The number of aryl methyl sites for hydroxylation is 1. The Morgan fingerprint density at radius 3 is 2.95 bits per heavy atom. The van der Waals surface area contributed by atoms with Crippen molar-refractivity contribution in [2.24, 2.45) is 0 Å². The Kier molecular flexibility index (Phi) is 3.85. The van der Waals surface area contributed by atoms with Crippen molar-refractivity contribution in [3.63, 3.8) is 0 Å². The van der Waals surface area contributed by atoms with E-state index in [-0.39, 0.29) is 11.7 Å². The second kappa shape index (κ2) is 5.79. The van der Waals surface area contributed by atoms with Gasteiger partial charge in [-0.05, 0) is 18.4 Å². The molecule has 3 aromatic heterocycles. The molecule has 3 heterocycles. The number of thiazole rings is 1. The summed E-state index contributed by atoms with van der Waals surface area (Å²) < 4.78 is 5.13. The number of hydrogen-bond donors (Lipinski definition) is 0. The Morgan fingerprint density at radius 2 is 2.29 bits per heavy atom. The van der Waals surface area contributed by atoms with Crippen LogP contribution >= 0.6 is 22.7 Å². The summed E-state index contributed by atoms with van der Waals surface area (Å²) in [7, 11) is 1.73. The highest BCUT2D eigenvalue weighted by Crippen LogP contribution is 2.28. The third-order valence-corrected chi connectivity index (χ3v) is 4.90. The Hall–Kier alpha value is -1.99. The summed E-state index contributed by atoms with van der Waals surface area (Å²) in [6, 6.07) is 4.05. The summed E-state index contributed by atoms with van der Waals surface area (Å²) in [6.07, 6.45) is 1.29. The first-order chi connectivity index (χ1) is 10.1. The van der Waals surface area contributed by atoms with Crippen LogP contribution in [0.5, 0.6) is 0 Å². The quantitative estimate of drug-likeness (QED) is 0.739. The van der Waals surface area contributed by atoms with Crippen LogP contribution in [0, 0.1) is 6.92 Å². The van der Waals surface area contributed by atoms with Crippen molar-refractivity contribution in [1.82, 2.24) is 14.9 Å². The maximum absolute atomic E-state index is 12.2. The molecule has 0 saturated heterocycles. The highest BCUT2D eigenvalue weighted by atomic mass is 32.1. The van der Waals surface area contributed by atoms with Crippen LogP contribution in [0.2, 0.25) is 0 Å². The van der Waals surface area contributed by atoms with Crippen LogP contribution in [0.15, 0.2) is 33.7 Å². The van der Waals surface area contributed by atoms with Crippen LogP contribution in [0.4, 0.5) is 0 Å². The van der Waals surface area contributed by atoms with E-state index in [0.29, 0.717) is 12.2 Å². The number of rotatable bonds is 4. The monoisotopic (exact) mass is 319 g/mol. The third kappa shape index (κ3) is 2.88. The second-order valence-corrected chi connectivity index (χ2v) is 6.36. The van der Waals surface area contributed by atoms with Gasteiger partial charge in [-0.3, -0.25) is 4.79 Å². The van der Waals surface area contributed by atoms with Crippen LogP contribution in [0.25, 0.3) is 9.88 Å². The van der Waals surface area contributed by atoms with E-state index in [9.17, 15) is 4.79 Å². The molecule has 0 saturated carbocycles. The zero-order valence-electron chi connectivity index (χ0n) is 11.6. The van der Waals surface area contributed by atoms with Crippen molar-refractivity contribution in [1.29, 1.82) is 0 Å². The number of nitrogens with zero attached hydrogens (tertiary/aromatic N) is 3. The number of amides is 1. The first kappa shape index (κ1) is 14.0. The Labute approximate surface area is 129 Å². The molecule has 3 aromatic rings. The lowest BCUT2D eigenvalue weighted by Gasteiger charge is -2.14. The van der Waals surface area contributed by atoms with E-state index in [1.165, 1.54) is 6.39 Å². The lowest BCUT2D eigenvalue weighted by atomic mass is 10.3. The van der Waals surface area contributed by atoms with Gasteiger partial charge in [0.2, 0.25) is 5.76 Å². The molecule has 0 N–H and O–H groups in total. The van der Waals surface area contributed by atoms with Gasteiger partial charge in [0.25, 0.3) is 5.91 Å². The van der Waals surface area contributed by atoms with Crippen molar-refractivity contribution in [2.75, 3.05) is 7.05 Å². The fraction of sp³-hybridized carbons (Fsp3) is 0.214. The highest BCUT2D eigenvalue weighted by molar-refractivity contribution is 7.20. The predicted molar refractivity (Wildman–Crippen MR) is 82.5 cm³/mol. The number of thiophene rings is 1. The first-order valence-corrected chi connectivity index (χ1v) is 8.05. The molecule has 0 aliphatic carbocycles. The van der Waals surface area contributed by atoms with E-state index in [1.54, 1.807) is 41.5 Å². The van der Waals surface area contributed by atoms with Gasteiger partial charge in [-0.25, -0.2) is 9.97 Å². The zero-order chi connectivity index (χ0) is 14.8. The Balaban J connectivity index is 1.72. The average Bonchev–Trinajstić information content (AvgIpc) is 3.17. The largest absolute Gasteiger partial charge is 0.438 e. The maximum Gasteiger partial charge on any atom is 0.291 e. The molecule has 0 fully saturated rings. The van der Waals surface area contributed by atoms with E-state index < -0.39 is 0 Å². The zero-order valence-corrected chi connectivity index (χ0v) is 13.2. The smallest absolute Gasteiger partial charge is 0.291 e. The number of carbonyl (C=O) groups excluding carboxylic acids is 1. The van der Waals surface area contributed by atoms with Crippen LogP contribution in [0.3, 0.4) is 0 Å². The summed E-state index contributed by atoms with van der Waals surface area (Å²) in [6.45, 7) is 2.20. The summed E-state index contributed by atoms with van der Waals surface area (Å²) >= 11 is 3.25. The first-order valence-electron chi connectivity index (χ1n) is 6.29. The maximum atomic E-state index is 12.2. The second-order valence-electron chi connectivity index (χ2n) is 4.55. The topological polar surface area (TPSA) is 59.2 Å². The summed E-state index contributed by atoms with van der Waals surface area (Å²) in [5.74, 6) is 0.0990. The molecule has 0 radical (unpaired) electrons. The number of oxazole rings is 1. The predicted octanol–water partition coefficient (Wildman–Crippen LogP) is 3.44. The van der Waals surface area contributed by atoms with E-state index in [1.807, 2.05) is 22.9 Å². The minimum absolute atomic E-state index is 0.185. The molecule has 7 heteroatoms. The van der Waals surface area contributed by atoms with Crippen LogP contribution in [-0.2, 0) is 6.54 Å². The van der Waals surface area contributed by atoms with Crippen LogP contribution < -0.4 is 0 Å². The minimum atomic E-state index is -0.185. The molecule has 0 unspecified atom stereocenters. The van der Waals surface area contributed by atoms with Crippen molar-refractivity contribution < 1.29 is 9.21 Å². The van der Waals surface area contributed by atoms with Gasteiger partial charge in [0.05, 0.1) is 22.8 Å². The molecule has 0 atom stereocenters. The standard InChI is InChI=1S/C14H13N3O2S2/c1-9-12(19-8-15-9)14(18)17(2)6-10-7-21-13(16-10)11-4-3-5-20-11/h3-5,7-8H,6H2,1-2H3. The Morgan fingerprint density at radius 1 is 1.43 bits per heavy atom. The normalized spacial score (nSPS) is 10.8. The lowest BCUT2D eigenvalue weighted by molar-refractivity contribution is 0.0751. The van der Waals surface area contributed by atoms with Crippen molar-refractivity contribution in [3.05, 3.63) is 46.4 Å². The fourth-order valence-corrected chi connectivity index (χ4v) is 3.51. The van der Waals surface area contributed by atoms with Crippen LogP contribution in [0.1, 0.15) is 21.9 Å². The van der Waals surface area contributed by atoms with Gasteiger partial charge < -0.3 is 9.32 Å². The van der Waals surface area contributed by atoms with Gasteiger partial charge in [-0.1, -0.05) is 6.07 Å². The average molecular weight is 319 g/mol. The van der Waals surface area contributed by atoms with Gasteiger partial charge in [-0.2, -0.15) is 0 Å². The molecule has 0 aromatic carbocycles. The van der Waals surface area contributed by atoms with E-state index in [4.69, 9.17) is 4.42 Å². The summed E-state index contributed by atoms with van der Waals surface area (Å²) in [5, 5.41) is 4.99. The molecular formula is C14H13N3O2S2. The lowest BCUT2D eigenvalue weighted by Crippen LogP contribution is -2.26. The van der Waals surface area contributed by atoms with E-state index in [2.05, 4.69) is 9.97 Å². The van der Waals surface area contributed by atoms with Gasteiger partial charge >= 0.3 is 0 Å². The van der Waals surface area contributed by atoms with Crippen molar-refractivity contribution in [2.45, 2.75) is 13.5 Å². The molecule has 0 aliphatic rings. The van der Waals surface area contributed by atoms with Crippen molar-refractivity contribution in [3.8, 4) is 9.88 Å². The molecule has 0 aliphatic heterocycles. The molecule has 1 amide bonds. The molecule has 21 heavy (non-hydrogen) atoms. The van der Waals surface area contributed by atoms with Crippen LogP contribution in [-0.4, -0.2) is 27.8 Å². The van der Waals surface area contributed by atoms with Crippen molar-refractivity contribution >= 4 is 28.6 Å². The molecule has 0 bridgehead atoms. The summed E-state index contributed by atoms with van der Waals surface area (Å²) in [4.78, 5) is 23.5. The van der Waals surface area contributed by atoms with Gasteiger partial charge in [-0.15, -0.1) is 22.7 Å². The molecular weight excluding hydrogens is 306 g/mol. The number of carbonyl (C=O) groups is 1. The molecule has 5 nitrogen and oxygen atoms in total. The molecule has 0 spiro atoms. The van der Waals surface area contributed by atoms with Gasteiger partial charge in [0.1, 0.15) is 5.01 Å². The third-order valence-electron chi connectivity index (χ3n) is 2.97.